The molecule has 0 aliphatic carbocycles. The minimum Gasteiger partial charge on any atom is -0.366 e. The van der Waals surface area contributed by atoms with Crippen LogP contribution in [-0.4, -0.2) is 29.8 Å². The molecule has 5 heteroatoms. The molecule has 1 aromatic carbocycles. The predicted octanol–water partition coefficient (Wildman–Crippen LogP) is 1.26. The van der Waals surface area contributed by atoms with Gasteiger partial charge in [-0.3, -0.25) is 9.59 Å². The Labute approximate surface area is 119 Å². The molecule has 2 amide bonds. The molecular weight excluding hydrogens is 254 g/mol. The standard InChI is InChI=1S/C15H23N3O2/c1-3-4-5-13(16)15(20)18(2)10-11-6-8-12(9-7-11)14(17)19/h6-9,13H,3-5,10,16H2,1-2H3,(H2,17,19). The van der Waals surface area contributed by atoms with Gasteiger partial charge in [-0.05, 0) is 24.1 Å². The van der Waals surface area contributed by atoms with Crippen molar-refractivity contribution >= 4 is 11.8 Å². The second-order valence-corrected chi connectivity index (χ2v) is 5.00. The number of carbonyl (C=O) groups excluding carboxylic acids is 2. The molecule has 4 N–H and O–H groups in total. The molecule has 110 valence electrons. The highest BCUT2D eigenvalue weighted by atomic mass is 16.2. The summed E-state index contributed by atoms with van der Waals surface area (Å²) in [6.45, 7) is 2.54. The lowest BCUT2D eigenvalue weighted by molar-refractivity contribution is -0.132. The van der Waals surface area contributed by atoms with Crippen molar-refractivity contribution < 1.29 is 9.59 Å². The Morgan fingerprint density at radius 3 is 2.35 bits per heavy atom. The zero-order valence-electron chi connectivity index (χ0n) is 12.1. The Hall–Kier alpha value is -1.88. The number of amides is 2. The first-order chi connectivity index (χ1) is 9.45. The third-order valence-electron chi connectivity index (χ3n) is 3.22. The lowest BCUT2D eigenvalue weighted by atomic mass is 10.1. The Kier molecular flexibility index (Phi) is 6.18. The summed E-state index contributed by atoms with van der Waals surface area (Å²) in [6, 6.07) is 6.47. The zero-order valence-corrected chi connectivity index (χ0v) is 12.1. The second-order valence-electron chi connectivity index (χ2n) is 5.00. The average Bonchev–Trinajstić information content (AvgIpc) is 2.44. The van der Waals surface area contributed by atoms with Gasteiger partial charge in [-0.15, -0.1) is 0 Å². The van der Waals surface area contributed by atoms with Crippen molar-refractivity contribution in [2.45, 2.75) is 38.8 Å². The SMILES string of the molecule is CCCCC(N)C(=O)N(C)Cc1ccc(C(N)=O)cc1. The van der Waals surface area contributed by atoms with E-state index in [9.17, 15) is 9.59 Å². The molecule has 0 saturated carbocycles. The van der Waals surface area contributed by atoms with E-state index in [1.807, 2.05) is 0 Å². The number of unbranched alkanes of at least 4 members (excludes halogenated alkanes) is 1. The van der Waals surface area contributed by atoms with E-state index in [2.05, 4.69) is 6.92 Å². The molecule has 0 aliphatic rings. The predicted molar refractivity (Wildman–Crippen MR) is 78.9 cm³/mol. The van der Waals surface area contributed by atoms with E-state index in [4.69, 9.17) is 11.5 Å². The number of primary amides is 1. The van der Waals surface area contributed by atoms with E-state index >= 15 is 0 Å². The maximum absolute atomic E-state index is 12.1. The number of nitrogens with zero attached hydrogens (tertiary/aromatic N) is 1. The molecule has 1 rings (SSSR count). The van der Waals surface area contributed by atoms with E-state index in [1.54, 1.807) is 36.2 Å². The molecule has 0 saturated heterocycles. The average molecular weight is 277 g/mol. The van der Waals surface area contributed by atoms with Crippen LogP contribution in [0.15, 0.2) is 24.3 Å². The Morgan fingerprint density at radius 2 is 1.85 bits per heavy atom. The number of carbonyl (C=O) groups is 2. The van der Waals surface area contributed by atoms with Gasteiger partial charge in [0.25, 0.3) is 0 Å². The first-order valence-corrected chi connectivity index (χ1v) is 6.85. The van der Waals surface area contributed by atoms with Crippen LogP contribution in [0.2, 0.25) is 0 Å². The van der Waals surface area contributed by atoms with Crippen LogP contribution in [0.1, 0.15) is 42.1 Å². The van der Waals surface area contributed by atoms with Crippen molar-refractivity contribution in [3.8, 4) is 0 Å². The summed E-state index contributed by atoms with van der Waals surface area (Å²) in [5.41, 5.74) is 12.4. The fraction of sp³-hybridized carbons (Fsp3) is 0.467. The maximum atomic E-state index is 12.1. The van der Waals surface area contributed by atoms with Crippen LogP contribution in [0.3, 0.4) is 0 Å². The first kappa shape index (κ1) is 16.2. The summed E-state index contributed by atoms with van der Waals surface area (Å²) in [7, 11) is 1.73. The maximum Gasteiger partial charge on any atom is 0.248 e. The van der Waals surface area contributed by atoms with Crippen LogP contribution in [-0.2, 0) is 11.3 Å². The van der Waals surface area contributed by atoms with Gasteiger partial charge in [0.15, 0.2) is 0 Å². The smallest absolute Gasteiger partial charge is 0.248 e. The van der Waals surface area contributed by atoms with Crippen LogP contribution in [0.25, 0.3) is 0 Å². The second kappa shape index (κ2) is 7.65. The molecule has 1 aromatic rings. The Balaban J connectivity index is 2.58. The van der Waals surface area contributed by atoms with Crippen molar-refractivity contribution in [3.63, 3.8) is 0 Å². The summed E-state index contributed by atoms with van der Waals surface area (Å²) in [5, 5.41) is 0. The number of hydrogen-bond donors (Lipinski definition) is 2. The van der Waals surface area contributed by atoms with Gasteiger partial charge in [0, 0.05) is 19.2 Å². The molecule has 0 spiro atoms. The van der Waals surface area contributed by atoms with Gasteiger partial charge in [-0.1, -0.05) is 31.9 Å². The zero-order chi connectivity index (χ0) is 15.1. The van der Waals surface area contributed by atoms with Gasteiger partial charge >= 0.3 is 0 Å². The van der Waals surface area contributed by atoms with Gasteiger partial charge < -0.3 is 16.4 Å². The summed E-state index contributed by atoms with van der Waals surface area (Å²) >= 11 is 0. The number of likely N-dealkylation sites (N-methyl/N-ethyl adjacent to an activating group) is 1. The van der Waals surface area contributed by atoms with Gasteiger partial charge in [0.05, 0.1) is 6.04 Å². The van der Waals surface area contributed by atoms with Crippen LogP contribution in [0, 0.1) is 0 Å². The molecule has 5 nitrogen and oxygen atoms in total. The molecule has 1 atom stereocenters. The molecule has 20 heavy (non-hydrogen) atoms. The first-order valence-electron chi connectivity index (χ1n) is 6.85. The number of hydrogen-bond acceptors (Lipinski definition) is 3. The summed E-state index contributed by atoms with van der Waals surface area (Å²) in [6.07, 6.45) is 2.69. The van der Waals surface area contributed by atoms with Crippen molar-refractivity contribution in [2.24, 2.45) is 11.5 Å². The van der Waals surface area contributed by atoms with E-state index < -0.39 is 11.9 Å². The third kappa shape index (κ3) is 4.66. The highest BCUT2D eigenvalue weighted by Crippen LogP contribution is 2.08. The van der Waals surface area contributed by atoms with Crippen molar-refractivity contribution in [1.29, 1.82) is 0 Å². The van der Waals surface area contributed by atoms with Crippen LogP contribution < -0.4 is 11.5 Å². The molecule has 0 aromatic heterocycles. The minimum atomic E-state index is -0.456. The highest BCUT2D eigenvalue weighted by molar-refractivity contribution is 5.92. The number of nitrogens with two attached hydrogens (primary N) is 2. The van der Waals surface area contributed by atoms with Gasteiger partial charge in [0.1, 0.15) is 0 Å². The summed E-state index contributed by atoms with van der Waals surface area (Å²) in [5.74, 6) is -0.514. The van der Waals surface area contributed by atoms with Crippen LogP contribution in [0.4, 0.5) is 0 Å². The molecule has 0 bridgehead atoms. The van der Waals surface area contributed by atoms with E-state index in [-0.39, 0.29) is 5.91 Å². The van der Waals surface area contributed by atoms with Crippen LogP contribution >= 0.6 is 0 Å². The lowest BCUT2D eigenvalue weighted by Gasteiger charge is -2.21. The minimum absolute atomic E-state index is 0.0579. The largest absolute Gasteiger partial charge is 0.366 e. The molecule has 0 radical (unpaired) electrons. The molecular formula is C15H23N3O2. The van der Waals surface area contributed by atoms with Crippen LogP contribution in [0.5, 0.6) is 0 Å². The lowest BCUT2D eigenvalue weighted by Crippen LogP contribution is -2.41. The topological polar surface area (TPSA) is 89.4 Å². The highest BCUT2D eigenvalue weighted by Gasteiger charge is 2.17. The number of benzene rings is 1. The fourth-order valence-corrected chi connectivity index (χ4v) is 1.96. The quantitative estimate of drug-likeness (QED) is 0.786. The normalized spacial score (nSPS) is 11.9. The van der Waals surface area contributed by atoms with Gasteiger partial charge in [-0.2, -0.15) is 0 Å². The Bertz CT molecular complexity index is 457. The van der Waals surface area contributed by atoms with E-state index in [1.165, 1.54) is 0 Å². The van der Waals surface area contributed by atoms with Gasteiger partial charge in [0.2, 0.25) is 11.8 Å². The van der Waals surface area contributed by atoms with E-state index in [0.29, 0.717) is 18.5 Å². The molecule has 0 aliphatic heterocycles. The molecule has 1 unspecified atom stereocenters. The summed E-state index contributed by atoms with van der Waals surface area (Å²) < 4.78 is 0. The van der Waals surface area contributed by atoms with Crippen molar-refractivity contribution in [2.75, 3.05) is 7.05 Å². The Morgan fingerprint density at radius 1 is 1.25 bits per heavy atom. The third-order valence-corrected chi connectivity index (χ3v) is 3.22. The fourth-order valence-electron chi connectivity index (χ4n) is 1.96. The summed E-state index contributed by atoms with van der Waals surface area (Å²) in [4.78, 5) is 24.6. The molecule has 0 heterocycles. The monoisotopic (exact) mass is 277 g/mol. The van der Waals surface area contributed by atoms with Gasteiger partial charge in [-0.25, -0.2) is 0 Å². The van der Waals surface area contributed by atoms with E-state index in [0.717, 1.165) is 18.4 Å². The number of rotatable bonds is 7. The molecule has 0 fully saturated rings. The van der Waals surface area contributed by atoms with Crippen molar-refractivity contribution in [3.05, 3.63) is 35.4 Å². The van der Waals surface area contributed by atoms with Crippen molar-refractivity contribution in [1.82, 2.24) is 4.90 Å².